The summed E-state index contributed by atoms with van der Waals surface area (Å²) < 4.78 is 11.1. The van der Waals surface area contributed by atoms with Crippen molar-refractivity contribution in [2.24, 2.45) is 10.9 Å². The molecule has 4 heterocycles. The van der Waals surface area contributed by atoms with Crippen LogP contribution < -0.4 is 20.7 Å². The van der Waals surface area contributed by atoms with Crippen LogP contribution in [0.15, 0.2) is 69.9 Å². The van der Waals surface area contributed by atoms with Crippen LogP contribution in [0.5, 0.6) is 5.75 Å². The van der Waals surface area contributed by atoms with Crippen molar-refractivity contribution in [2.45, 2.75) is 72.9 Å². The van der Waals surface area contributed by atoms with E-state index in [4.69, 9.17) is 25.9 Å². The minimum atomic E-state index is -0.171. The number of halogens is 1. The highest BCUT2D eigenvalue weighted by molar-refractivity contribution is 6.44. The second kappa shape index (κ2) is 19.5. The number of amides is 1. The summed E-state index contributed by atoms with van der Waals surface area (Å²) in [6, 6.07) is 8.42. The molecule has 4 bridgehead atoms. The van der Waals surface area contributed by atoms with Gasteiger partial charge in [-0.3, -0.25) is 9.78 Å². The van der Waals surface area contributed by atoms with Gasteiger partial charge in [0.1, 0.15) is 29.1 Å². The molecule has 11 heteroatoms. The average molecular weight is 664 g/mol. The van der Waals surface area contributed by atoms with E-state index in [-0.39, 0.29) is 6.17 Å². The Morgan fingerprint density at radius 2 is 1.91 bits per heavy atom. The Bertz CT molecular complexity index is 1480. The molecule has 1 unspecified atom stereocenters. The van der Waals surface area contributed by atoms with Gasteiger partial charge in [-0.1, -0.05) is 28.9 Å². The smallest absolute Gasteiger partial charge is 0.211 e. The number of allylic oxidation sites excluding steroid dienone is 2. The molecule has 47 heavy (non-hydrogen) atoms. The molecule has 10 nitrogen and oxygen atoms in total. The van der Waals surface area contributed by atoms with Crippen LogP contribution in [0.25, 0.3) is 0 Å². The minimum absolute atomic E-state index is 0.171. The SMILES string of the molecule is C/C=C(Cl)\C1=N/C(C)Nc2cncc(c2)CCc2cc(ccc2OCCC2CCN(C)CC2)N1.C=CC.Cc1noc(C)c1NC=O. The first-order valence-electron chi connectivity index (χ1n) is 16.2. The minimum Gasteiger partial charge on any atom is -0.493 e. The fraction of sp³-hybridized carbons (Fsp3) is 0.444. The summed E-state index contributed by atoms with van der Waals surface area (Å²) in [5, 5.41) is 13.5. The van der Waals surface area contributed by atoms with Crippen molar-refractivity contribution in [1.29, 1.82) is 0 Å². The number of amidine groups is 1. The molecule has 0 spiro atoms. The number of fused-ring (bicyclic) bond motifs is 4. The number of hydrogen-bond donors (Lipinski definition) is 3. The number of aliphatic imine (C=N–C) groups is 1. The highest BCUT2D eigenvalue weighted by Crippen LogP contribution is 2.28. The van der Waals surface area contributed by atoms with Crippen LogP contribution in [0.2, 0.25) is 0 Å². The second-order valence-electron chi connectivity index (χ2n) is 11.7. The molecule has 1 amide bonds. The van der Waals surface area contributed by atoms with Gasteiger partial charge < -0.3 is 30.1 Å². The fourth-order valence-corrected chi connectivity index (χ4v) is 5.40. The topological polar surface area (TPSA) is 117 Å². The fourth-order valence-electron chi connectivity index (χ4n) is 5.30. The summed E-state index contributed by atoms with van der Waals surface area (Å²) in [5.41, 5.74) is 5.62. The van der Waals surface area contributed by atoms with Crippen LogP contribution in [0, 0.1) is 19.8 Å². The van der Waals surface area contributed by atoms with Gasteiger partial charge in [-0.2, -0.15) is 0 Å². The number of pyridine rings is 1. The molecular weight excluding hydrogens is 614 g/mol. The molecule has 3 aromatic rings. The van der Waals surface area contributed by atoms with E-state index in [0.717, 1.165) is 48.9 Å². The lowest BCUT2D eigenvalue weighted by atomic mass is 9.94. The number of carbonyl (C=O) groups excluding carboxylic acids is 1. The molecule has 0 radical (unpaired) electrons. The molecular formula is C36H50ClN7O3. The third-order valence-electron chi connectivity index (χ3n) is 7.84. The lowest BCUT2D eigenvalue weighted by Crippen LogP contribution is -2.30. The predicted molar refractivity (Wildman–Crippen MR) is 194 cm³/mol. The van der Waals surface area contributed by atoms with Gasteiger partial charge in [0.2, 0.25) is 6.41 Å². The summed E-state index contributed by atoms with van der Waals surface area (Å²) in [7, 11) is 2.21. The molecule has 5 rings (SSSR count). The Labute approximate surface area is 284 Å². The number of hydrogen-bond acceptors (Lipinski definition) is 9. The Balaban J connectivity index is 0.000000387. The molecule has 0 aliphatic carbocycles. The average Bonchev–Trinajstić information content (AvgIpc) is 3.38. The number of piperidine rings is 1. The third kappa shape index (κ3) is 12.2. The Kier molecular flexibility index (Phi) is 15.5. The van der Waals surface area contributed by atoms with Crippen LogP contribution in [-0.2, 0) is 17.6 Å². The lowest BCUT2D eigenvalue weighted by Gasteiger charge is -2.28. The van der Waals surface area contributed by atoms with Gasteiger partial charge >= 0.3 is 0 Å². The number of aromatic nitrogens is 2. The van der Waals surface area contributed by atoms with E-state index in [2.05, 4.69) is 62.8 Å². The normalized spacial score (nSPS) is 18.0. The molecule has 2 aliphatic heterocycles. The maximum absolute atomic E-state index is 10.00. The van der Waals surface area contributed by atoms with E-state index >= 15 is 0 Å². The highest BCUT2D eigenvalue weighted by atomic mass is 35.5. The number of likely N-dealkylation sites (tertiary alicyclic amines) is 1. The Morgan fingerprint density at radius 3 is 2.57 bits per heavy atom. The number of nitrogens with one attached hydrogen (secondary N) is 3. The molecule has 1 aromatic carbocycles. The van der Waals surface area contributed by atoms with Crippen molar-refractivity contribution < 1.29 is 14.1 Å². The molecule has 3 N–H and O–H groups in total. The van der Waals surface area contributed by atoms with Crippen molar-refractivity contribution in [3.63, 3.8) is 0 Å². The van der Waals surface area contributed by atoms with Crippen LogP contribution in [0.1, 0.15) is 62.6 Å². The van der Waals surface area contributed by atoms with Crippen molar-refractivity contribution in [1.82, 2.24) is 15.0 Å². The number of aryl methyl sites for hydroxylation is 4. The predicted octanol–water partition coefficient (Wildman–Crippen LogP) is 7.75. The summed E-state index contributed by atoms with van der Waals surface area (Å²) in [5.74, 6) is 2.98. The van der Waals surface area contributed by atoms with E-state index in [1.54, 1.807) is 19.9 Å². The molecule has 2 aromatic heterocycles. The largest absolute Gasteiger partial charge is 0.493 e. The van der Waals surface area contributed by atoms with Crippen molar-refractivity contribution in [3.8, 4) is 5.75 Å². The van der Waals surface area contributed by atoms with Gasteiger partial charge in [-0.15, -0.1) is 6.58 Å². The Hall–Kier alpha value is -4.15. The van der Waals surface area contributed by atoms with Gasteiger partial charge in [-0.25, -0.2) is 4.99 Å². The lowest BCUT2D eigenvalue weighted by molar-refractivity contribution is -0.105. The zero-order chi connectivity index (χ0) is 34.2. The van der Waals surface area contributed by atoms with E-state index in [1.165, 1.54) is 37.1 Å². The van der Waals surface area contributed by atoms with Gasteiger partial charge in [0.25, 0.3) is 0 Å². The second-order valence-corrected chi connectivity index (χ2v) is 12.1. The molecule has 254 valence electrons. The van der Waals surface area contributed by atoms with Crippen LogP contribution in [0.4, 0.5) is 17.1 Å². The first-order chi connectivity index (χ1) is 22.7. The monoisotopic (exact) mass is 663 g/mol. The van der Waals surface area contributed by atoms with Gasteiger partial charge in [-0.05, 0) is 128 Å². The van der Waals surface area contributed by atoms with E-state index < -0.39 is 0 Å². The van der Waals surface area contributed by atoms with Crippen LogP contribution >= 0.6 is 11.6 Å². The summed E-state index contributed by atoms with van der Waals surface area (Å²) in [6.45, 7) is 15.8. The standard InChI is InChI=1S/C27H36ClN5O.C6H8N2O2.C3H6/c1-4-25(28)27-31-19(2)30-24-15-21(17-29-18-24)5-6-22-16-23(32-27)7-8-26(22)34-14-11-20-9-12-33(3)13-10-20;1-4-6(7-3-9)5(2)10-8-4;1-3-2/h4,7-8,15-20,30H,5-6,9-14H2,1-3H3,(H,31,32);3H,1-2H3,(H,7,9);3H,1H2,2H3/b25-4+;;. The van der Waals surface area contributed by atoms with Crippen molar-refractivity contribution in [3.05, 3.63) is 83.0 Å². The van der Waals surface area contributed by atoms with E-state index in [9.17, 15) is 4.79 Å². The molecule has 1 saturated heterocycles. The molecule has 2 aliphatic rings. The molecule has 0 saturated carbocycles. The first kappa shape index (κ1) is 37.3. The number of nitrogens with zero attached hydrogens (tertiary/aromatic N) is 4. The number of benzene rings is 1. The van der Waals surface area contributed by atoms with Crippen molar-refractivity contribution in [2.75, 3.05) is 42.7 Å². The number of rotatable bonds is 7. The summed E-state index contributed by atoms with van der Waals surface area (Å²) in [4.78, 5) is 21.6. The van der Waals surface area contributed by atoms with Crippen molar-refractivity contribution >= 4 is 40.9 Å². The maximum Gasteiger partial charge on any atom is 0.211 e. The quantitative estimate of drug-likeness (QED) is 0.174. The maximum atomic E-state index is 10.00. The number of carbonyl (C=O) groups is 1. The Morgan fingerprint density at radius 1 is 1.17 bits per heavy atom. The zero-order valence-corrected chi connectivity index (χ0v) is 29.4. The molecule has 1 atom stereocenters. The van der Waals surface area contributed by atoms with Crippen LogP contribution in [0.3, 0.4) is 0 Å². The van der Waals surface area contributed by atoms with Crippen LogP contribution in [-0.4, -0.2) is 60.2 Å². The highest BCUT2D eigenvalue weighted by Gasteiger charge is 2.17. The number of ether oxygens (including phenoxy) is 1. The third-order valence-corrected chi connectivity index (χ3v) is 8.23. The number of anilines is 3. The summed E-state index contributed by atoms with van der Waals surface area (Å²) in [6.07, 6.45) is 13.2. The summed E-state index contributed by atoms with van der Waals surface area (Å²) >= 11 is 6.49. The van der Waals surface area contributed by atoms with Gasteiger partial charge in [0.05, 0.1) is 23.5 Å². The van der Waals surface area contributed by atoms with E-state index in [1.807, 2.05) is 45.3 Å². The van der Waals surface area contributed by atoms with Gasteiger partial charge in [0.15, 0.2) is 5.76 Å². The van der Waals surface area contributed by atoms with E-state index in [0.29, 0.717) is 34.4 Å². The van der Waals surface area contributed by atoms with Gasteiger partial charge in [0, 0.05) is 11.9 Å². The zero-order valence-electron chi connectivity index (χ0n) is 28.6. The molecule has 1 fully saturated rings. The first-order valence-corrected chi connectivity index (χ1v) is 16.6.